The Balaban J connectivity index is 1.67. The summed E-state index contributed by atoms with van der Waals surface area (Å²) < 4.78 is 25.7. The quantitative estimate of drug-likeness (QED) is 0.942. The molecule has 1 heterocycles. The lowest BCUT2D eigenvalue weighted by atomic mass is 9.95. The molecule has 2 unspecified atom stereocenters. The van der Waals surface area contributed by atoms with E-state index >= 15 is 0 Å². The molecule has 5 heteroatoms. The third-order valence-electron chi connectivity index (χ3n) is 4.85. The van der Waals surface area contributed by atoms with Gasteiger partial charge >= 0.3 is 0 Å². The van der Waals surface area contributed by atoms with Gasteiger partial charge in [0.1, 0.15) is 9.84 Å². The summed E-state index contributed by atoms with van der Waals surface area (Å²) in [6.07, 6.45) is 4.97. The van der Waals surface area contributed by atoms with Crippen LogP contribution < -0.4 is 5.32 Å². The van der Waals surface area contributed by atoms with Gasteiger partial charge in [0.2, 0.25) is 0 Å². The van der Waals surface area contributed by atoms with E-state index in [1.807, 2.05) is 0 Å². The first-order chi connectivity index (χ1) is 10.4. The zero-order valence-corrected chi connectivity index (χ0v) is 14.1. The highest BCUT2D eigenvalue weighted by Gasteiger charge is 2.28. The molecule has 3 rings (SSSR count). The number of hydrogen-bond acceptors (Lipinski definition) is 3. The molecule has 1 N–H and O–H groups in total. The van der Waals surface area contributed by atoms with Crippen LogP contribution in [0.2, 0.25) is 0 Å². The minimum absolute atomic E-state index is 0.175. The fourth-order valence-corrected chi connectivity index (χ4v) is 4.66. The summed E-state index contributed by atoms with van der Waals surface area (Å²) in [5.41, 5.74) is 2.47. The lowest BCUT2D eigenvalue weighted by Crippen LogP contribution is -2.38. The second-order valence-corrected chi connectivity index (χ2v) is 8.78. The van der Waals surface area contributed by atoms with Crippen molar-refractivity contribution in [3.8, 4) is 0 Å². The Morgan fingerprint density at radius 3 is 2.77 bits per heavy atom. The number of rotatable bonds is 4. The van der Waals surface area contributed by atoms with Crippen LogP contribution in [0.4, 0.5) is 0 Å². The van der Waals surface area contributed by atoms with Crippen LogP contribution in [0, 0.1) is 0 Å². The first-order valence-electron chi connectivity index (χ1n) is 7.91. The molecule has 0 radical (unpaired) electrons. The molecule has 1 aliphatic rings. The monoisotopic (exact) mass is 320 g/mol. The van der Waals surface area contributed by atoms with Gasteiger partial charge in [0.25, 0.3) is 0 Å². The predicted octanol–water partition coefficient (Wildman–Crippen LogP) is 2.62. The second kappa shape index (κ2) is 6.05. The van der Waals surface area contributed by atoms with Crippen molar-refractivity contribution in [2.75, 3.05) is 6.26 Å². The van der Waals surface area contributed by atoms with E-state index in [1.165, 1.54) is 22.9 Å². The number of aromatic nitrogens is 1. The first kappa shape index (κ1) is 15.6. The second-order valence-electron chi connectivity index (χ2n) is 6.45. The van der Waals surface area contributed by atoms with Crippen LogP contribution >= 0.6 is 0 Å². The Labute approximate surface area is 132 Å². The molecule has 0 aliphatic heterocycles. The molecule has 4 nitrogen and oxygen atoms in total. The first-order valence-corrected chi connectivity index (χ1v) is 9.86. The Bertz CT molecular complexity index is 764. The van der Waals surface area contributed by atoms with Gasteiger partial charge in [-0.25, -0.2) is 8.42 Å². The molecule has 0 amide bonds. The average Bonchev–Trinajstić information content (AvgIpc) is 2.82. The number of sulfone groups is 1. The van der Waals surface area contributed by atoms with Crippen LogP contribution in [-0.4, -0.2) is 30.5 Å². The van der Waals surface area contributed by atoms with Crippen molar-refractivity contribution >= 4 is 20.7 Å². The third-order valence-corrected chi connectivity index (χ3v) is 6.49. The lowest BCUT2D eigenvalue weighted by Gasteiger charge is -2.28. The number of para-hydroxylation sites is 1. The summed E-state index contributed by atoms with van der Waals surface area (Å²) in [6, 6.07) is 10.9. The maximum Gasteiger partial charge on any atom is 0.150 e. The van der Waals surface area contributed by atoms with Crippen molar-refractivity contribution in [3.05, 3.63) is 36.0 Å². The summed E-state index contributed by atoms with van der Waals surface area (Å²) >= 11 is 0. The molecule has 0 bridgehead atoms. The highest BCUT2D eigenvalue weighted by molar-refractivity contribution is 7.91. The van der Waals surface area contributed by atoms with E-state index in [1.54, 1.807) is 0 Å². The fourth-order valence-electron chi connectivity index (χ4n) is 3.48. The number of benzene rings is 1. The van der Waals surface area contributed by atoms with Gasteiger partial charge in [-0.1, -0.05) is 24.6 Å². The van der Waals surface area contributed by atoms with Crippen molar-refractivity contribution in [2.24, 2.45) is 7.05 Å². The maximum absolute atomic E-state index is 11.7. The lowest BCUT2D eigenvalue weighted by molar-refractivity contribution is 0.368. The zero-order valence-electron chi connectivity index (χ0n) is 13.2. The number of fused-ring (bicyclic) bond motifs is 1. The Morgan fingerprint density at radius 2 is 2.05 bits per heavy atom. The van der Waals surface area contributed by atoms with Gasteiger partial charge in [-0.15, -0.1) is 0 Å². The summed E-state index contributed by atoms with van der Waals surface area (Å²) in [7, 11) is -0.833. The Hall–Kier alpha value is -1.33. The van der Waals surface area contributed by atoms with Crippen molar-refractivity contribution < 1.29 is 8.42 Å². The third kappa shape index (κ3) is 3.20. The topological polar surface area (TPSA) is 51.1 Å². The van der Waals surface area contributed by atoms with Gasteiger partial charge in [-0.2, -0.15) is 0 Å². The zero-order chi connectivity index (χ0) is 15.7. The van der Waals surface area contributed by atoms with E-state index in [-0.39, 0.29) is 5.25 Å². The predicted molar refractivity (Wildman–Crippen MR) is 90.6 cm³/mol. The van der Waals surface area contributed by atoms with E-state index in [9.17, 15) is 8.42 Å². The van der Waals surface area contributed by atoms with Crippen LogP contribution in [0.5, 0.6) is 0 Å². The summed E-state index contributed by atoms with van der Waals surface area (Å²) in [4.78, 5) is 0. The number of nitrogens with zero attached hydrogens (tertiary/aromatic N) is 1. The summed E-state index contributed by atoms with van der Waals surface area (Å²) in [6.45, 7) is 0.784. The van der Waals surface area contributed by atoms with Gasteiger partial charge < -0.3 is 9.88 Å². The van der Waals surface area contributed by atoms with Crippen LogP contribution in [0.25, 0.3) is 10.9 Å². The van der Waals surface area contributed by atoms with Crippen LogP contribution in [-0.2, 0) is 23.4 Å². The molecule has 22 heavy (non-hydrogen) atoms. The van der Waals surface area contributed by atoms with Crippen LogP contribution in [0.15, 0.2) is 30.3 Å². The molecule has 1 aliphatic carbocycles. The number of aryl methyl sites for hydroxylation is 1. The van der Waals surface area contributed by atoms with Crippen LogP contribution in [0.3, 0.4) is 0 Å². The largest absolute Gasteiger partial charge is 0.346 e. The standard InChI is InChI=1S/C17H24N2O2S/c1-19-15(10-13-6-3-4-9-17(13)19)12-18-14-7-5-8-16(11-14)22(2,20)21/h3-4,6,9-10,14,16,18H,5,7-8,11-12H2,1-2H3. The molecule has 1 saturated carbocycles. The number of hydrogen-bond donors (Lipinski definition) is 1. The minimum Gasteiger partial charge on any atom is -0.346 e. The fraction of sp³-hybridized carbons (Fsp3) is 0.529. The highest BCUT2D eigenvalue weighted by atomic mass is 32.2. The SMILES string of the molecule is Cn1c(CNC2CCCC(S(C)(=O)=O)C2)cc2ccccc21. The van der Waals surface area contributed by atoms with Crippen molar-refractivity contribution in [1.29, 1.82) is 0 Å². The molecule has 0 saturated heterocycles. The smallest absolute Gasteiger partial charge is 0.150 e. The van der Waals surface area contributed by atoms with E-state index in [4.69, 9.17) is 0 Å². The van der Waals surface area contributed by atoms with Crippen LogP contribution in [0.1, 0.15) is 31.4 Å². The van der Waals surface area contributed by atoms with Crippen molar-refractivity contribution in [2.45, 2.75) is 43.5 Å². The van der Waals surface area contributed by atoms with E-state index in [0.29, 0.717) is 6.04 Å². The average molecular weight is 320 g/mol. The van der Waals surface area contributed by atoms with E-state index in [2.05, 4.69) is 47.3 Å². The van der Waals surface area contributed by atoms with Gasteiger partial charge in [0.05, 0.1) is 5.25 Å². The molecular formula is C17H24N2O2S. The molecule has 2 atom stereocenters. The Morgan fingerprint density at radius 1 is 1.27 bits per heavy atom. The maximum atomic E-state index is 11.7. The van der Waals surface area contributed by atoms with E-state index in [0.717, 1.165) is 32.2 Å². The van der Waals surface area contributed by atoms with Gasteiger partial charge in [0.15, 0.2) is 0 Å². The van der Waals surface area contributed by atoms with Gasteiger partial charge in [-0.3, -0.25) is 0 Å². The van der Waals surface area contributed by atoms with Gasteiger partial charge in [0, 0.05) is 37.1 Å². The van der Waals surface area contributed by atoms with Crippen molar-refractivity contribution in [3.63, 3.8) is 0 Å². The summed E-state index contributed by atoms with van der Waals surface area (Å²) in [5, 5.41) is 4.63. The molecule has 1 aromatic carbocycles. The van der Waals surface area contributed by atoms with Gasteiger partial charge in [-0.05, 0) is 36.8 Å². The molecule has 120 valence electrons. The molecule has 1 fully saturated rings. The Kier molecular flexibility index (Phi) is 4.28. The molecule has 0 spiro atoms. The number of nitrogens with one attached hydrogen (secondary N) is 1. The summed E-state index contributed by atoms with van der Waals surface area (Å²) in [5.74, 6) is 0. The normalized spacial score (nSPS) is 23.0. The highest BCUT2D eigenvalue weighted by Crippen LogP contribution is 2.24. The van der Waals surface area contributed by atoms with Crippen molar-refractivity contribution in [1.82, 2.24) is 9.88 Å². The molecule has 2 aromatic rings. The minimum atomic E-state index is -2.92. The van der Waals surface area contributed by atoms with E-state index < -0.39 is 9.84 Å². The molecular weight excluding hydrogens is 296 g/mol. The molecule has 1 aromatic heterocycles.